The van der Waals surface area contributed by atoms with Crippen molar-refractivity contribution in [1.29, 1.82) is 0 Å². The van der Waals surface area contributed by atoms with Crippen molar-refractivity contribution in [3.05, 3.63) is 34.9 Å². The summed E-state index contributed by atoms with van der Waals surface area (Å²) in [5.74, 6) is 0.270. The molecule has 0 aromatic carbocycles. The molecule has 1 heterocycles. The van der Waals surface area contributed by atoms with Crippen molar-refractivity contribution in [2.24, 2.45) is 11.8 Å². The number of aromatic nitrogens is 1. The molecular weight excluding hydrogens is 406 g/mol. The molecule has 2 N–H and O–H groups in total. The van der Waals surface area contributed by atoms with Crippen molar-refractivity contribution in [2.75, 3.05) is 5.75 Å². The first-order chi connectivity index (χ1) is 13.7. The van der Waals surface area contributed by atoms with Gasteiger partial charge in [-0.15, -0.1) is 11.3 Å². The van der Waals surface area contributed by atoms with Crippen LogP contribution in [0.3, 0.4) is 0 Å². The molecule has 1 fully saturated rings. The zero-order valence-corrected chi connectivity index (χ0v) is 19.0. The number of carbonyl (C=O) groups is 2. The topological polar surface area (TPSA) is 87.5 Å². The van der Waals surface area contributed by atoms with Gasteiger partial charge in [0.05, 0.1) is 5.60 Å². The second kappa shape index (κ2) is 11.1. The van der Waals surface area contributed by atoms with Gasteiger partial charge in [0.2, 0.25) is 0 Å². The van der Waals surface area contributed by atoms with Gasteiger partial charge in [-0.2, -0.15) is 0 Å². The Bertz CT molecular complexity index is 763. The number of thiazole rings is 1. The van der Waals surface area contributed by atoms with Crippen LogP contribution < -0.4 is 0 Å². The van der Waals surface area contributed by atoms with Gasteiger partial charge in [0.15, 0.2) is 10.0 Å². The fraction of sp³-hybridized carbons (Fsp3) is 0.591. The predicted octanol–water partition coefficient (Wildman–Crippen LogP) is 5.36. The average Bonchev–Trinajstić information content (AvgIpc) is 3.23. The van der Waals surface area contributed by atoms with Gasteiger partial charge in [0, 0.05) is 23.5 Å². The van der Waals surface area contributed by atoms with E-state index in [1.165, 1.54) is 28.7 Å². The van der Waals surface area contributed by atoms with E-state index in [1.807, 2.05) is 13.0 Å². The summed E-state index contributed by atoms with van der Waals surface area (Å²) in [6.45, 7) is 5.98. The maximum absolute atomic E-state index is 12.3. The molecule has 1 saturated carbocycles. The zero-order valence-electron chi connectivity index (χ0n) is 17.4. The maximum Gasteiger partial charge on any atom is 0.355 e. The molecule has 0 saturated heterocycles. The Kier molecular flexibility index (Phi) is 9.11. The Balaban J connectivity index is 1.81. The van der Waals surface area contributed by atoms with E-state index in [2.05, 4.69) is 31.0 Å². The van der Waals surface area contributed by atoms with E-state index in [1.54, 1.807) is 5.38 Å². The molecule has 160 valence electrons. The highest BCUT2D eigenvalue weighted by atomic mass is 32.2. The molecule has 0 aliphatic heterocycles. The van der Waals surface area contributed by atoms with E-state index < -0.39 is 11.6 Å². The highest BCUT2D eigenvalue weighted by Gasteiger charge is 2.32. The molecule has 1 unspecified atom stereocenters. The maximum atomic E-state index is 12.3. The van der Waals surface area contributed by atoms with Crippen LogP contribution in [0, 0.1) is 11.8 Å². The Morgan fingerprint density at radius 2 is 2.21 bits per heavy atom. The van der Waals surface area contributed by atoms with E-state index in [-0.39, 0.29) is 17.5 Å². The minimum absolute atomic E-state index is 0.00767. The van der Waals surface area contributed by atoms with E-state index >= 15 is 0 Å². The Labute approximate surface area is 181 Å². The fourth-order valence-corrected chi connectivity index (χ4v) is 5.40. The number of Topliss-reactive ketones (excluding diaryl/α,β-unsaturated/α-hetero) is 1. The summed E-state index contributed by atoms with van der Waals surface area (Å²) in [4.78, 5) is 27.3. The van der Waals surface area contributed by atoms with Gasteiger partial charge in [-0.1, -0.05) is 35.6 Å². The summed E-state index contributed by atoms with van der Waals surface area (Å²) in [6.07, 6.45) is 10.7. The van der Waals surface area contributed by atoms with Gasteiger partial charge in [0.25, 0.3) is 0 Å². The molecule has 1 aromatic heterocycles. The van der Waals surface area contributed by atoms with Crippen molar-refractivity contribution >= 4 is 34.9 Å². The summed E-state index contributed by atoms with van der Waals surface area (Å²) in [5.41, 5.74) is 0.605. The number of thioether (sulfide) groups is 1. The third kappa shape index (κ3) is 8.07. The highest BCUT2D eigenvalue weighted by Crippen LogP contribution is 2.35. The van der Waals surface area contributed by atoms with Crippen molar-refractivity contribution in [3.8, 4) is 0 Å². The van der Waals surface area contributed by atoms with Crippen LogP contribution in [0.1, 0.15) is 69.8 Å². The van der Waals surface area contributed by atoms with E-state index in [0.29, 0.717) is 18.6 Å². The second-order valence-corrected chi connectivity index (χ2v) is 10.4. The Morgan fingerprint density at radius 1 is 1.45 bits per heavy atom. The van der Waals surface area contributed by atoms with E-state index in [4.69, 9.17) is 5.11 Å². The number of hydrogen-bond acceptors (Lipinski definition) is 6. The van der Waals surface area contributed by atoms with Gasteiger partial charge < -0.3 is 10.2 Å². The molecule has 1 aromatic rings. The highest BCUT2D eigenvalue weighted by molar-refractivity contribution is 8.01. The van der Waals surface area contributed by atoms with Crippen LogP contribution in [0.25, 0.3) is 0 Å². The second-order valence-electron chi connectivity index (χ2n) is 8.17. The lowest BCUT2D eigenvalue weighted by Crippen LogP contribution is -2.22. The molecule has 2 rings (SSSR count). The molecular formula is C22H31NO4S2. The van der Waals surface area contributed by atoms with Gasteiger partial charge in [-0.3, -0.25) is 4.79 Å². The monoisotopic (exact) mass is 437 g/mol. The van der Waals surface area contributed by atoms with E-state index in [0.717, 1.165) is 35.8 Å². The third-order valence-electron chi connectivity index (χ3n) is 5.19. The number of aliphatic hydroxyl groups is 1. The summed E-state index contributed by atoms with van der Waals surface area (Å²) >= 11 is 2.84. The van der Waals surface area contributed by atoms with Crippen LogP contribution in [0.4, 0.5) is 0 Å². The number of carboxylic acids is 1. The quantitative estimate of drug-likeness (QED) is 0.358. The smallest absolute Gasteiger partial charge is 0.355 e. The molecule has 7 heteroatoms. The minimum atomic E-state index is -1.01. The summed E-state index contributed by atoms with van der Waals surface area (Å²) in [5, 5.41) is 21.0. The van der Waals surface area contributed by atoms with Gasteiger partial charge in [-0.05, 0) is 58.8 Å². The number of rotatable bonds is 11. The standard InChI is InChI=1S/C22H31NO4S2/c1-15(2)6-4-11-22(3,27)12-5-7-16-8-9-19(24)17(16)10-13-28-21-23-18(14-29-21)20(25)26/h5-7,14,16-17,27H,4,8-13H2,1-3H3,(H,25,26)/b7-5+/t16-,17+,22?/m0/s1. The van der Waals surface area contributed by atoms with Crippen LogP contribution >= 0.6 is 23.1 Å². The van der Waals surface area contributed by atoms with Crippen molar-refractivity contribution < 1.29 is 19.8 Å². The first kappa shape index (κ1) is 23.8. The number of nitrogens with zero attached hydrogens (tertiary/aromatic N) is 1. The zero-order chi connectivity index (χ0) is 21.4. The van der Waals surface area contributed by atoms with Gasteiger partial charge >= 0.3 is 5.97 Å². The molecule has 0 amide bonds. The van der Waals surface area contributed by atoms with Crippen LogP contribution in [-0.2, 0) is 4.79 Å². The summed E-state index contributed by atoms with van der Waals surface area (Å²) in [7, 11) is 0. The molecule has 1 aliphatic carbocycles. The molecule has 0 radical (unpaired) electrons. The first-order valence-electron chi connectivity index (χ1n) is 10.0. The minimum Gasteiger partial charge on any atom is -0.476 e. The molecule has 0 spiro atoms. The van der Waals surface area contributed by atoms with Crippen molar-refractivity contribution in [1.82, 2.24) is 4.98 Å². The summed E-state index contributed by atoms with van der Waals surface area (Å²) in [6, 6.07) is 0. The number of hydrogen-bond donors (Lipinski definition) is 2. The molecule has 29 heavy (non-hydrogen) atoms. The lowest BCUT2D eigenvalue weighted by atomic mass is 9.90. The molecule has 5 nitrogen and oxygen atoms in total. The Morgan fingerprint density at radius 3 is 2.86 bits per heavy atom. The lowest BCUT2D eigenvalue weighted by Gasteiger charge is -2.21. The number of carboxylic acid groups (broad SMARTS) is 1. The lowest BCUT2D eigenvalue weighted by molar-refractivity contribution is -0.121. The SMILES string of the molecule is CC(C)=CCCC(C)(O)C/C=C/[C@H]1CCC(=O)[C@@H]1CCSc1nc(C(=O)O)cs1. The third-order valence-corrected chi connectivity index (χ3v) is 7.24. The Hall–Kier alpha value is -1.44. The van der Waals surface area contributed by atoms with Crippen LogP contribution in [0.2, 0.25) is 0 Å². The summed E-state index contributed by atoms with van der Waals surface area (Å²) < 4.78 is 0.729. The van der Waals surface area contributed by atoms with Crippen molar-refractivity contribution in [2.45, 2.75) is 69.2 Å². The van der Waals surface area contributed by atoms with Gasteiger partial charge in [-0.25, -0.2) is 9.78 Å². The largest absolute Gasteiger partial charge is 0.476 e. The first-order valence-corrected chi connectivity index (χ1v) is 11.9. The number of ketones is 1. The van der Waals surface area contributed by atoms with Crippen LogP contribution in [0.5, 0.6) is 0 Å². The number of allylic oxidation sites excluding steroid dienone is 3. The predicted molar refractivity (Wildman–Crippen MR) is 119 cm³/mol. The molecule has 1 aliphatic rings. The molecule has 3 atom stereocenters. The average molecular weight is 438 g/mol. The molecule has 0 bridgehead atoms. The van der Waals surface area contributed by atoms with Gasteiger partial charge in [0.1, 0.15) is 5.78 Å². The fourth-order valence-electron chi connectivity index (χ4n) is 3.51. The van der Waals surface area contributed by atoms with Crippen molar-refractivity contribution in [3.63, 3.8) is 0 Å². The van der Waals surface area contributed by atoms with Crippen LogP contribution in [-0.4, -0.2) is 38.3 Å². The number of carbonyl (C=O) groups excluding carboxylic acids is 1. The number of aromatic carboxylic acids is 1. The normalized spacial score (nSPS) is 21.4. The van der Waals surface area contributed by atoms with E-state index in [9.17, 15) is 14.7 Å². The van der Waals surface area contributed by atoms with Crippen LogP contribution in [0.15, 0.2) is 33.5 Å².